The lowest BCUT2D eigenvalue weighted by atomic mass is 10.0. The normalized spacial score (nSPS) is 23.8. The largest absolute Gasteiger partial charge is 0.496 e. The molecule has 4 heteroatoms. The van der Waals surface area contributed by atoms with Gasteiger partial charge in [-0.25, -0.2) is 0 Å². The molecule has 3 atom stereocenters. The van der Waals surface area contributed by atoms with E-state index in [0.717, 1.165) is 36.5 Å². The fourth-order valence-corrected chi connectivity index (χ4v) is 3.37. The van der Waals surface area contributed by atoms with E-state index in [0.29, 0.717) is 5.92 Å². The molecule has 0 spiro atoms. The van der Waals surface area contributed by atoms with Gasteiger partial charge in [0.2, 0.25) is 0 Å². The zero-order valence-corrected chi connectivity index (χ0v) is 13.4. The number of nitrogens with one attached hydrogen (secondary N) is 1. The van der Waals surface area contributed by atoms with Crippen LogP contribution in [0.25, 0.3) is 0 Å². The molecule has 0 bridgehead atoms. The summed E-state index contributed by atoms with van der Waals surface area (Å²) in [6.45, 7) is 3.05. The highest BCUT2D eigenvalue weighted by atomic mass is 32.2. The van der Waals surface area contributed by atoms with Crippen LogP contribution >= 0.6 is 11.8 Å². The smallest absolute Gasteiger partial charge is 0.132 e. The zero-order chi connectivity index (χ0) is 14.5. The van der Waals surface area contributed by atoms with Crippen molar-refractivity contribution in [1.82, 2.24) is 5.32 Å². The molecule has 1 aliphatic rings. The first kappa shape index (κ1) is 15.7. The lowest BCUT2D eigenvalue weighted by molar-refractivity contribution is 0.130. The molecule has 0 aromatic heterocycles. The minimum absolute atomic E-state index is 0.122. The van der Waals surface area contributed by atoms with Gasteiger partial charge >= 0.3 is 0 Å². The van der Waals surface area contributed by atoms with Gasteiger partial charge in [-0.1, -0.05) is 12.5 Å². The maximum atomic E-state index is 9.86. The van der Waals surface area contributed by atoms with E-state index in [1.807, 2.05) is 0 Å². The summed E-state index contributed by atoms with van der Waals surface area (Å²) >= 11 is 1.70. The highest BCUT2D eigenvalue weighted by Crippen LogP contribution is 2.31. The molecule has 0 saturated heterocycles. The van der Waals surface area contributed by atoms with Gasteiger partial charge in [0, 0.05) is 17.5 Å². The van der Waals surface area contributed by atoms with Gasteiger partial charge in [-0.05, 0) is 49.6 Å². The summed E-state index contributed by atoms with van der Waals surface area (Å²) in [6.07, 6.45) is 5.17. The van der Waals surface area contributed by atoms with Crippen LogP contribution in [0.2, 0.25) is 0 Å². The highest BCUT2D eigenvalue weighted by Gasteiger charge is 2.25. The molecule has 1 saturated carbocycles. The highest BCUT2D eigenvalue weighted by molar-refractivity contribution is 7.98. The maximum Gasteiger partial charge on any atom is 0.132 e. The first-order chi connectivity index (χ1) is 9.65. The molecule has 1 fully saturated rings. The summed E-state index contributed by atoms with van der Waals surface area (Å²) in [6, 6.07) is 6.64. The molecule has 1 aromatic rings. The summed E-state index contributed by atoms with van der Waals surface area (Å²) < 4.78 is 5.43. The zero-order valence-electron chi connectivity index (χ0n) is 12.6. The van der Waals surface area contributed by atoms with Crippen molar-refractivity contribution in [3.63, 3.8) is 0 Å². The first-order valence-corrected chi connectivity index (χ1v) is 8.51. The molecule has 112 valence electrons. The van der Waals surface area contributed by atoms with Crippen molar-refractivity contribution in [1.29, 1.82) is 0 Å². The molecule has 20 heavy (non-hydrogen) atoms. The van der Waals surface area contributed by atoms with Crippen LogP contribution in [-0.4, -0.2) is 31.1 Å². The Morgan fingerprint density at radius 1 is 1.45 bits per heavy atom. The molecular weight excluding hydrogens is 270 g/mol. The van der Waals surface area contributed by atoms with Gasteiger partial charge in [0.25, 0.3) is 0 Å². The molecule has 2 N–H and O–H groups in total. The monoisotopic (exact) mass is 295 g/mol. The minimum Gasteiger partial charge on any atom is -0.496 e. The standard InChI is InChI=1S/C16H25NO2S/c1-11(17-10-13-5-4-6-14(13)18)12-7-8-16(20-3)15(9-12)19-2/h7-9,11,13-14,17-18H,4-6,10H2,1-3H3. The van der Waals surface area contributed by atoms with E-state index < -0.39 is 0 Å². The van der Waals surface area contributed by atoms with Crippen molar-refractivity contribution in [2.45, 2.75) is 43.2 Å². The average Bonchev–Trinajstić information content (AvgIpc) is 2.89. The molecular formula is C16H25NO2S. The minimum atomic E-state index is -0.122. The fourth-order valence-electron chi connectivity index (χ4n) is 2.82. The van der Waals surface area contributed by atoms with E-state index in [9.17, 15) is 5.11 Å². The van der Waals surface area contributed by atoms with Crippen molar-refractivity contribution in [2.24, 2.45) is 5.92 Å². The Morgan fingerprint density at radius 3 is 2.85 bits per heavy atom. The average molecular weight is 295 g/mol. The third kappa shape index (κ3) is 3.68. The van der Waals surface area contributed by atoms with Crippen LogP contribution in [0.3, 0.4) is 0 Å². The topological polar surface area (TPSA) is 41.5 Å². The van der Waals surface area contributed by atoms with E-state index in [2.05, 4.69) is 36.7 Å². The van der Waals surface area contributed by atoms with E-state index in [4.69, 9.17) is 4.74 Å². The summed E-state index contributed by atoms with van der Waals surface area (Å²) in [4.78, 5) is 1.16. The van der Waals surface area contributed by atoms with Gasteiger partial charge in [-0.2, -0.15) is 0 Å². The molecule has 2 rings (SSSR count). The Balaban J connectivity index is 1.96. The first-order valence-electron chi connectivity index (χ1n) is 7.29. The number of rotatable bonds is 6. The number of methoxy groups -OCH3 is 1. The van der Waals surface area contributed by atoms with E-state index in [1.165, 1.54) is 5.56 Å². The number of benzene rings is 1. The van der Waals surface area contributed by atoms with Crippen LogP contribution in [0, 0.1) is 5.92 Å². The number of hydrogen-bond donors (Lipinski definition) is 2. The van der Waals surface area contributed by atoms with Crippen LogP contribution in [0.1, 0.15) is 37.8 Å². The second-order valence-electron chi connectivity index (χ2n) is 5.50. The fraction of sp³-hybridized carbons (Fsp3) is 0.625. The summed E-state index contributed by atoms with van der Waals surface area (Å²) in [5.41, 5.74) is 1.23. The van der Waals surface area contributed by atoms with Crippen molar-refractivity contribution in [2.75, 3.05) is 19.9 Å². The summed E-state index contributed by atoms with van der Waals surface area (Å²) in [5, 5.41) is 13.4. The third-order valence-corrected chi connectivity index (χ3v) is 4.99. The summed E-state index contributed by atoms with van der Waals surface area (Å²) in [7, 11) is 1.71. The van der Waals surface area contributed by atoms with Crippen LogP contribution in [-0.2, 0) is 0 Å². The van der Waals surface area contributed by atoms with Gasteiger partial charge in [-0.15, -0.1) is 11.8 Å². The number of thioether (sulfide) groups is 1. The summed E-state index contributed by atoms with van der Waals surface area (Å²) in [5.74, 6) is 1.34. The van der Waals surface area contributed by atoms with Crippen molar-refractivity contribution < 1.29 is 9.84 Å². The van der Waals surface area contributed by atoms with Crippen LogP contribution < -0.4 is 10.1 Å². The van der Waals surface area contributed by atoms with Crippen LogP contribution in [0.5, 0.6) is 5.75 Å². The van der Waals surface area contributed by atoms with Gasteiger partial charge in [0.15, 0.2) is 0 Å². The molecule has 1 aliphatic carbocycles. The Hall–Kier alpha value is -0.710. The Morgan fingerprint density at radius 2 is 2.25 bits per heavy atom. The van der Waals surface area contributed by atoms with E-state index in [-0.39, 0.29) is 12.1 Å². The third-order valence-electron chi connectivity index (χ3n) is 4.21. The molecule has 1 aromatic carbocycles. The van der Waals surface area contributed by atoms with Gasteiger partial charge in [0.05, 0.1) is 13.2 Å². The molecule has 0 heterocycles. The van der Waals surface area contributed by atoms with Gasteiger partial charge in [-0.3, -0.25) is 0 Å². The lowest BCUT2D eigenvalue weighted by Crippen LogP contribution is -2.29. The number of aliphatic hydroxyl groups excluding tert-OH is 1. The molecule has 0 aliphatic heterocycles. The predicted octanol–water partition coefficient (Wildman–Crippen LogP) is 3.23. The Labute approximate surface area is 126 Å². The molecule has 0 radical (unpaired) electrons. The van der Waals surface area contributed by atoms with Crippen LogP contribution in [0.15, 0.2) is 23.1 Å². The van der Waals surface area contributed by atoms with Crippen molar-refractivity contribution in [3.05, 3.63) is 23.8 Å². The number of hydrogen-bond acceptors (Lipinski definition) is 4. The Kier molecular flexibility index (Phi) is 5.75. The van der Waals surface area contributed by atoms with Crippen LogP contribution in [0.4, 0.5) is 0 Å². The van der Waals surface area contributed by atoms with Gasteiger partial charge < -0.3 is 15.2 Å². The second kappa shape index (κ2) is 7.34. The lowest BCUT2D eigenvalue weighted by Gasteiger charge is -2.20. The van der Waals surface area contributed by atoms with Crippen molar-refractivity contribution >= 4 is 11.8 Å². The van der Waals surface area contributed by atoms with E-state index in [1.54, 1.807) is 18.9 Å². The Bertz CT molecular complexity index is 438. The van der Waals surface area contributed by atoms with Gasteiger partial charge in [0.1, 0.15) is 5.75 Å². The number of aliphatic hydroxyl groups is 1. The quantitative estimate of drug-likeness (QED) is 0.791. The molecule has 0 amide bonds. The SMILES string of the molecule is COc1cc(C(C)NCC2CCCC2O)ccc1SC. The molecule has 3 unspecified atom stereocenters. The van der Waals surface area contributed by atoms with Crippen molar-refractivity contribution in [3.8, 4) is 5.75 Å². The predicted molar refractivity (Wildman–Crippen MR) is 84.5 cm³/mol. The number of ether oxygens (including phenoxy) is 1. The molecule has 3 nitrogen and oxygen atoms in total. The maximum absolute atomic E-state index is 9.86. The van der Waals surface area contributed by atoms with E-state index >= 15 is 0 Å². The second-order valence-corrected chi connectivity index (χ2v) is 6.35.